The normalized spacial score (nSPS) is 13.6. The minimum Gasteiger partial charge on any atom is -0.354 e. The second-order valence-corrected chi connectivity index (χ2v) is 14.6. The lowest BCUT2D eigenvalue weighted by Gasteiger charge is -2.17. The van der Waals surface area contributed by atoms with Crippen LogP contribution in [0, 0.1) is 0 Å². The van der Waals surface area contributed by atoms with Crippen molar-refractivity contribution in [3.05, 3.63) is 260 Å². The molecule has 0 saturated heterocycles. The molecule has 0 spiro atoms. The number of carbonyl (C=O) groups is 4. The van der Waals surface area contributed by atoms with E-state index in [9.17, 15) is 24.0 Å². The first kappa shape index (κ1) is 37.5. The van der Waals surface area contributed by atoms with Crippen molar-refractivity contribution in [1.29, 1.82) is 0 Å². The van der Waals surface area contributed by atoms with Crippen molar-refractivity contribution in [2.75, 3.05) is 0 Å². The van der Waals surface area contributed by atoms with Crippen LogP contribution < -0.4 is 5.43 Å². The summed E-state index contributed by atoms with van der Waals surface area (Å²) in [6.07, 6.45) is 8.27. The SMILES string of the molecule is O=C1C=CC=C2C1=Cc1ccccc12.O=C1c2ccccc2C(=O)c2ccccc21.O=C1c2ccccc2Cc2ccccc21.O=c1c2ccccc2[nH]c2ccccc12. The maximum Gasteiger partial charge on any atom is 0.197 e. The number of H-pyrrole nitrogens is 1. The van der Waals surface area contributed by atoms with Gasteiger partial charge >= 0.3 is 0 Å². The summed E-state index contributed by atoms with van der Waals surface area (Å²) in [5.41, 5.74) is 12.1. The Balaban J connectivity index is 0.000000103. The number of hydrogen-bond acceptors (Lipinski definition) is 5. The maximum atomic E-state index is 12.1. The van der Waals surface area contributed by atoms with Gasteiger partial charge in [0.25, 0.3) is 0 Å². The van der Waals surface area contributed by atoms with Gasteiger partial charge in [-0.2, -0.15) is 0 Å². The van der Waals surface area contributed by atoms with Crippen LogP contribution >= 0.6 is 0 Å². The summed E-state index contributed by atoms with van der Waals surface area (Å²) in [6.45, 7) is 0. The highest BCUT2D eigenvalue weighted by Crippen LogP contribution is 2.37. The molecule has 0 aliphatic heterocycles. The van der Waals surface area contributed by atoms with E-state index >= 15 is 0 Å². The first-order chi connectivity index (χ1) is 29.4. The molecule has 6 heteroatoms. The molecule has 4 aliphatic carbocycles. The van der Waals surface area contributed by atoms with Crippen LogP contribution in [0.5, 0.6) is 0 Å². The van der Waals surface area contributed by atoms with Gasteiger partial charge in [-0.1, -0.05) is 158 Å². The molecule has 0 unspecified atom stereocenters. The molecule has 0 amide bonds. The van der Waals surface area contributed by atoms with Gasteiger partial charge in [-0.15, -0.1) is 0 Å². The highest BCUT2D eigenvalue weighted by Gasteiger charge is 2.28. The molecule has 0 bridgehead atoms. The smallest absolute Gasteiger partial charge is 0.197 e. The summed E-state index contributed by atoms with van der Waals surface area (Å²) >= 11 is 0. The molecule has 4 aliphatic rings. The molecule has 1 heterocycles. The molecule has 1 N–H and O–H groups in total. The zero-order valence-corrected chi connectivity index (χ0v) is 32.2. The minimum absolute atomic E-state index is 0.0641. The standard InChI is InChI=1S/C14H8O2.C14H10O.C13H9NO.C13H8O/c15-13-9-5-1-2-6-10(9)14(16)12-8-4-3-7-11(12)13;15-14-12-7-3-1-5-10(12)9-11-6-2-4-8-13(11)14;15-13-9-5-1-3-7-11(9)14-12-8-4-2-6-10(12)13;14-13-7-3-6-11-10-5-2-1-4-9(10)8-12(11)13/h1-8H;1-8H,9H2;1-8H,(H,14,15);1-8H. The first-order valence-corrected chi connectivity index (χ1v) is 19.6. The van der Waals surface area contributed by atoms with Crippen molar-refractivity contribution in [2.45, 2.75) is 6.42 Å². The molecular weight excluding hydrogens is 743 g/mol. The molecule has 6 nitrogen and oxygen atoms in total. The highest BCUT2D eigenvalue weighted by molar-refractivity contribution is 6.28. The van der Waals surface area contributed by atoms with Crippen LogP contribution in [0.25, 0.3) is 33.5 Å². The van der Waals surface area contributed by atoms with Crippen LogP contribution in [0.4, 0.5) is 0 Å². The molecule has 0 radical (unpaired) electrons. The number of aromatic nitrogens is 1. The predicted octanol–water partition coefficient (Wildman–Crippen LogP) is 10.6. The highest BCUT2D eigenvalue weighted by atomic mass is 16.1. The number of pyridine rings is 1. The number of benzene rings is 7. The van der Waals surface area contributed by atoms with E-state index in [0.717, 1.165) is 67.2 Å². The topological polar surface area (TPSA) is 101 Å². The number of aromatic amines is 1. The number of nitrogens with one attached hydrogen (secondary N) is 1. The van der Waals surface area contributed by atoms with E-state index in [0.29, 0.717) is 22.3 Å². The van der Waals surface area contributed by atoms with Crippen molar-refractivity contribution in [2.24, 2.45) is 0 Å². The minimum atomic E-state index is -0.0641. The Kier molecular flexibility index (Phi) is 10.0. The lowest BCUT2D eigenvalue weighted by molar-refractivity contribution is -0.110. The van der Waals surface area contributed by atoms with Crippen molar-refractivity contribution in [3.63, 3.8) is 0 Å². The lowest BCUT2D eigenvalue weighted by atomic mass is 9.84. The van der Waals surface area contributed by atoms with E-state index in [2.05, 4.69) is 11.1 Å². The Morgan fingerprint density at radius 1 is 0.383 bits per heavy atom. The van der Waals surface area contributed by atoms with E-state index in [1.807, 2.05) is 133 Å². The van der Waals surface area contributed by atoms with Crippen molar-refractivity contribution >= 4 is 56.6 Å². The first-order valence-electron chi connectivity index (χ1n) is 19.6. The van der Waals surface area contributed by atoms with Gasteiger partial charge in [0.15, 0.2) is 28.6 Å². The monoisotopic (exact) mass is 777 g/mol. The number of hydrogen-bond donors (Lipinski definition) is 1. The molecular formula is C54H35NO5. The van der Waals surface area contributed by atoms with E-state index < -0.39 is 0 Å². The van der Waals surface area contributed by atoms with Gasteiger partial charge in [-0.3, -0.25) is 24.0 Å². The third-order valence-electron chi connectivity index (χ3n) is 11.0. The Hall–Kier alpha value is -8.09. The van der Waals surface area contributed by atoms with Crippen LogP contribution in [0.2, 0.25) is 0 Å². The number of carbonyl (C=O) groups excluding carboxylic acids is 4. The van der Waals surface area contributed by atoms with Crippen molar-refractivity contribution in [1.82, 2.24) is 4.98 Å². The molecule has 0 fully saturated rings. The fourth-order valence-corrected chi connectivity index (χ4v) is 8.01. The van der Waals surface area contributed by atoms with E-state index in [1.165, 1.54) is 5.56 Å². The van der Waals surface area contributed by atoms with E-state index in [4.69, 9.17) is 0 Å². The molecule has 8 aromatic rings. The number of fused-ring (bicyclic) bond motifs is 9. The number of allylic oxidation sites excluding steroid dienone is 5. The quantitative estimate of drug-likeness (QED) is 0.155. The fraction of sp³-hybridized carbons (Fsp3) is 0.0185. The second-order valence-electron chi connectivity index (χ2n) is 14.6. The second kappa shape index (κ2) is 16.0. The third-order valence-corrected chi connectivity index (χ3v) is 11.0. The molecule has 0 saturated carbocycles. The number of rotatable bonds is 0. The summed E-state index contributed by atoms with van der Waals surface area (Å²) in [4.78, 5) is 63.2. The average Bonchev–Trinajstić information content (AvgIpc) is 3.69. The third kappa shape index (κ3) is 6.97. The Bertz CT molecular complexity index is 3020. The van der Waals surface area contributed by atoms with Gasteiger partial charge in [0.2, 0.25) is 0 Å². The van der Waals surface area contributed by atoms with Gasteiger partial charge in [0.05, 0.1) is 0 Å². The average molecular weight is 778 g/mol. The Morgan fingerprint density at radius 3 is 1.30 bits per heavy atom. The fourth-order valence-electron chi connectivity index (χ4n) is 8.01. The Labute approximate surface area is 345 Å². The predicted molar refractivity (Wildman–Crippen MR) is 237 cm³/mol. The van der Waals surface area contributed by atoms with Crippen LogP contribution in [0.1, 0.15) is 70.0 Å². The van der Waals surface area contributed by atoms with Crippen LogP contribution in [0.15, 0.2) is 198 Å². The zero-order chi connectivity index (χ0) is 41.2. The van der Waals surface area contributed by atoms with Gasteiger partial charge in [-0.25, -0.2) is 0 Å². The van der Waals surface area contributed by atoms with Crippen molar-refractivity contribution in [3.8, 4) is 0 Å². The van der Waals surface area contributed by atoms with Crippen LogP contribution in [-0.4, -0.2) is 28.1 Å². The number of para-hydroxylation sites is 2. The molecule has 12 rings (SSSR count). The maximum absolute atomic E-state index is 12.1. The summed E-state index contributed by atoms with van der Waals surface area (Å²) < 4.78 is 0. The van der Waals surface area contributed by atoms with Crippen LogP contribution in [0.3, 0.4) is 0 Å². The zero-order valence-electron chi connectivity index (χ0n) is 32.2. The van der Waals surface area contributed by atoms with Crippen molar-refractivity contribution < 1.29 is 19.2 Å². The molecule has 286 valence electrons. The van der Waals surface area contributed by atoms with Crippen LogP contribution in [-0.2, 0) is 11.2 Å². The largest absolute Gasteiger partial charge is 0.354 e. The van der Waals surface area contributed by atoms with Gasteiger partial charge < -0.3 is 4.98 Å². The Morgan fingerprint density at radius 2 is 0.783 bits per heavy atom. The molecule has 1 aromatic heterocycles. The van der Waals surface area contributed by atoms with Gasteiger partial charge in [0.1, 0.15) is 0 Å². The lowest BCUT2D eigenvalue weighted by Crippen LogP contribution is -2.20. The van der Waals surface area contributed by atoms with E-state index in [1.54, 1.807) is 54.6 Å². The number of ketones is 4. The molecule has 60 heavy (non-hydrogen) atoms. The molecule has 7 aromatic carbocycles. The summed E-state index contributed by atoms with van der Waals surface area (Å²) in [7, 11) is 0. The summed E-state index contributed by atoms with van der Waals surface area (Å²) in [5.74, 6) is 0.141. The molecule has 0 atom stereocenters. The van der Waals surface area contributed by atoms with E-state index in [-0.39, 0.29) is 28.6 Å². The summed E-state index contributed by atoms with van der Waals surface area (Å²) in [6, 6.07) is 52.8. The van der Waals surface area contributed by atoms with Gasteiger partial charge in [-0.05, 0) is 70.7 Å². The van der Waals surface area contributed by atoms with Gasteiger partial charge in [0, 0.05) is 60.8 Å². The summed E-state index contributed by atoms with van der Waals surface area (Å²) in [5, 5.41) is 1.49.